The first-order valence-electron chi connectivity index (χ1n) is 9.17. The fourth-order valence-corrected chi connectivity index (χ4v) is 3.34. The predicted octanol–water partition coefficient (Wildman–Crippen LogP) is 2.85. The third-order valence-electron chi connectivity index (χ3n) is 4.85. The Balaban J connectivity index is 1.49. The van der Waals surface area contributed by atoms with Crippen LogP contribution in [0.25, 0.3) is 0 Å². The molecule has 0 unspecified atom stereocenters. The Labute approximate surface area is 149 Å². The Morgan fingerprint density at radius 1 is 1.20 bits per heavy atom. The molecule has 1 saturated heterocycles. The summed E-state index contributed by atoms with van der Waals surface area (Å²) >= 11 is 0. The number of rotatable bonds is 7. The van der Waals surface area contributed by atoms with E-state index in [1.54, 1.807) is 7.11 Å². The second-order valence-corrected chi connectivity index (χ2v) is 6.80. The van der Waals surface area contributed by atoms with Crippen LogP contribution in [0.3, 0.4) is 0 Å². The minimum absolute atomic E-state index is 0.152. The zero-order valence-electron chi connectivity index (χ0n) is 14.9. The largest absolute Gasteiger partial charge is 0.493 e. The molecule has 0 aromatic heterocycles. The van der Waals surface area contributed by atoms with Crippen LogP contribution in [0.5, 0.6) is 11.5 Å². The lowest BCUT2D eigenvalue weighted by Gasteiger charge is -2.17. The number of methoxy groups -OCH3 is 1. The second-order valence-electron chi connectivity index (χ2n) is 6.80. The average molecular weight is 348 g/mol. The van der Waals surface area contributed by atoms with Crippen molar-refractivity contribution in [3.8, 4) is 11.5 Å². The summed E-state index contributed by atoms with van der Waals surface area (Å²) in [5.74, 6) is 1.93. The maximum absolute atomic E-state index is 11.9. The van der Waals surface area contributed by atoms with Gasteiger partial charge in [-0.2, -0.15) is 0 Å². The van der Waals surface area contributed by atoms with Crippen molar-refractivity contribution in [1.29, 1.82) is 0 Å². The Morgan fingerprint density at radius 2 is 2.04 bits per heavy atom. The number of amides is 2. The molecule has 2 aliphatic rings. The Hall–Kier alpha value is -1.95. The molecule has 0 bridgehead atoms. The van der Waals surface area contributed by atoms with Gasteiger partial charge in [0.2, 0.25) is 0 Å². The highest BCUT2D eigenvalue weighted by molar-refractivity contribution is 5.73. The van der Waals surface area contributed by atoms with Gasteiger partial charge in [0.15, 0.2) is 11.5 Å². The molecule has 1 aliphatic carbocycles. The van der Waals surface area contributed by atoms with Gasteiger partial charge in [-0.05, 0) is 49.8 Å². The molecule has 138 valence electrons. The second kappa shape index (κ2) is 8.94. The van der Waals surface area contributed by atoms with Crippen LogP contribution >= 0.6 is 0 Å². The summed E-state index contributed by atoms with van der Waals surface area (Å²) < 4.78 is 16.8. The molecule has 1 saturated carbocycles. The van der Waals surface area contributed by atoms with E-state index in [1.807, 2.05) is 18.2 Å². The third-order valence-corrected chi connectivity index (χ3v) is 4.85. The lowest BCUT2D eigenvalue weighted by Crippen LogP contribution is -2.38. The van der Waals surface area contributed by atoms with Gasteiger partial charge in [0, 0.05) is 25.6 Å². The molecule has 2 fully saturated rings. The van der Waals surface area contributed by atoms with Gasteiger partial charge in [0.05, 0.1) is 19.8 Å². The van der Waals surface area contributed by atoms with Gasteiger partial charge in [-0.15, -0.1) is 0 Å². The molecule has 2 amide bonds. The lowest BCUT2D eigenvalue weighted by molar-refractivity contribution is 0.185. The van der Waals surface area contributed by atoms with Gasteiger partial charge in [0.25, 0.3) is 0 Å². The van der Waals surface area contributed by atoms with Crippen molar-refractivity contribution < 1.29 is 19.0 Å². The molecule has 1 heterocycles. The van der Waals surface area contributed by atoms with E-state index in [1.165, 1.54) is 12.8 Å². The van der Waals surface area contributed by atoms with Crippen LogP contribution in [0.4, 0.5) is 4.79 Å². The van der Waals surface area contributed by atoms with Crippen LogP contribution in [0.15, 0.2) is 18.2 Å². The van der Waals surface area contributed by atoms with Gasteiger partial charge in [-0.1, -0.05) is 6.07 Å². The number of urea groups is 1. The first-order chi connectivity index (χ1) is 12.2. The number of carbonyl (C=O) groups excluding carboxylic acids is 1. The quantitative estimate of drug-likeness (QED) is 0.795. The van der Waals surface area contributed by atoms with Crippen LogP contribution in [-0.2, 0) is 11.3 Å². The van der Waals surface area contributed by atoms with Crippen LogP contribution in [-0.4, -0.2) is 39.0 Å². The van der Waals surface area contributed by atoms with Crippen LogP contribution < -0.4 is 20.1 Å². The van der Waals surface area contributed by atoms with E-state index in [2.05, 4.69) is 10.6 Å². The summed E-state index contributed by atoms with van der Waals surface area (Å²) in [5, 5.41) is 5.80. The zero-order valence-corrected chi connectivity index (χ0v) is 14.9. The fraction of sp³-hybridized carbons (Fsp3) is 0.632. The number of ether oxygens (including phenoxy) is 3. The molecule has 6 heteroatoms. The summed E-state index contributed by atoms with van der Waals surface area (Å²) in [6.07, 6.45) is 5.92. The summed E-state index contributed by atoms with van der Waals surface area (Å²) in [7, 11) is 1.65. The van der Waals surface area contributed by atoms with Gasteiger partial charge in [-0.25, -0.2) is 4.79 Å². The van der Waals surface area contributed by atoms with Crippen molar-refractivity contribution in [1.82, 2.24) is 10.6 Å². The molecular weight excluding hydrogens is 320 g/mol. The van der Waals surface area contributed by atoms with Crippen molar-refractivity contribution in [2.45, 2.75) is 44.8 Å². The van der Waals surface area contributed by atoms with E-state index in [9.17, 15) is 4.79 Å². The van der Waals surface area contributed by atoms with E-state index < -0.39 is 0 Å². The first kappa shape index (κ1) is 17.9. The molecule has 0 spiro atoms. The van der Waals surface area contributed by atoms with Crippen LogP contribution in [0.2, 0.25) is 0 Å². The minimum atomic E-state index is -0.152. The van der Waals surface area contributed by atoms with Crippen molar-refractivity contribution in [2.24, 2.45) is 5.92 Å². The Bertz CT molecular complexity index is 567. The minimum Gasteiger partial charge on any atom is -0.493 e. The number of carbonyl (C=O) groups is 1. The predicted molar refractivity (Wildman–Crippen MR) is 95.0 cm³/mol. The highest BCUT2D eigenvalue weighted by Crippen LogP contribution is 2.32. The molecule has 1 aliphatic heterocycles. The standard InChI is InChI=1S/C19H28N2O4/c1-23-17-7-6-14(10-18(17)25-16-4-2-3-5-16)11-20-19(22)21-12-15-8-9-24-13-15/h6-7,10,15-16H,2-5,8-9,11-13H2,1H3,(H2,20,21,22)/t15-/m1/s1. The topological polar surface area (TPSA) is 68.8 Å². The summed E-state index contributed by atoms with van der Waals surface area (Å²) in [5.41, 5.74) is 0.994. The average Bonchev–Trinajstić information content (AvgIpc) is 3.32. The fourth-order valence-electron chi connectivity index (χ4n) is 3.34. The molecule has 6 nitrogen and oxygen atoms in total. The molecule has 0 radical (unpaired) electrons. The smallest absolute Gasteiger partial charge is 0.315 e. The van der Waals surface area contributed by atoms with Crippen molar-refractivity contribution in [3.05, 3.63) is 23.8 Å². The molecule has 2 N–H and O–H groups in total. The number of nitrogens with one attached hydrogen (secondary N) is 2. The van der Waals surface area contributed by atoms with Gasteiger partial charge in [-0.3, -0.25) is 0 Å². The molecular formula is C19H28N2O4. The highest BCUT2D eigenvalue weighted by atomic mass is 16.5. The Kier molecular flexibility index (Phi) is 6.39. The molecule has 1 aromatic carbocycles. The van der Waals surface area contributed by atoms with Gasteiger partial charge >= 0.3 is 6.03 Å². The monoisotopic (exact) mass is 348 g/mol. The molecule has 25 heavy (non-hydrogen) atoms. The van der Waals surface area contributed by atoms with Gasteiger partial charge in [0.1, 0.15) is 0 Å². The SMILES string of the molecule is COc1ccc(CNC(=O)NC[C@H]2CCOC2)cc1OC1CCCC1. The van der Waals surface area contributed by atoms with Crippen LogP contribution in [0, 0.1) is 5.92 Å². The lowest BCUT2D eigenvalue weighted by atomic mass is 10.1. The van der Waals surface area contributed by atoms with Crippen molar-refractivity contribution >= 4 is 6.03 Å². The normalized spacial score (nSPS) is 20.4. The number of hydrogen-bond donors (Lipinski definition) is 2. The Morgan fingerprint density at radius 3 is 2.76 bits per heavy atom. The summed E-state index contributed by atoms with van der Waals surface area (Å²) in [6.45, 7) is 2.65. The van der Waals surface area contributed by atoms with Crippen LogP contribution in [0.1, 0.15) is 37.7 Å². The van der Waals surface area contributed by atoms with E-state index in [4.69, 9.17) is 14.2 Å². The first-order valence-corrected chi connectivity index (χ1v) is 9.17. The van der Waals surface area contributed by atoms with Gasteiger partial charge < -0.3 is 24.8 Å². The van der Waals surface area contributed by atoms with E-state index in [-0.39, 0.29) is 12.1 Å². The zero-order chi connectivity index (χ0) is 17.5. The summed E-state index contributed by atoms with van der Waals surface area (Å²) in [6, 6.07) is 5.66. The van der Waals surface area contributed by atoms with Crippen molar-refractivity contribution in [3.63, 3.8) is 0 Å². The maximum atomic E-state index is 11.9. The third kappa shape index (κ3) is 5.26. The molecule has 1 aromatic rings. The summed E-state index contributed by atoms with van der Waals surface area (Å²) in [4.78, 5) is 11.9. The maximum Gasteiger partial charge on any atom is 0.315 e. The van der Waals surface area contributed by atoms with Crippen molar-refractivity contribution in [2.75, 3.05) is 26.9 Å². The molecule has 3 rings (SSSR count). The number of hydrogen-bond acceptors (Lipinski definition) is 4. The van der Waals surface area contributed by atoms with E-state index in [0.717, 1.165) is 49.5 Å². The highest BCUT2D eigenvalue weighted by Gasteiger charge is 2.19. The molecule has 1 atom stereocenters. The van der Waals surface area contributed by atoms with E-state index in [0.29, 0.717) is 19.0 Å². The number of benzene rings is 1. The van der Waals surface area contributed by atoms with E-state index >= 15 is 0 Å².